The highest BCUT2D eigenvalue weighted by molar-refractivity contribution is 6.32. The van der Waals surface area contributed by atoms with Crippen LogP contribution in [0.4, 0.5) is 11.4 Å². The van der Waals surface area contributed by atoms with Crippen LogP contribution in [0.5, 0.6) is 0 Å². The summed E-state index contributed by atoms with van der Waals surface area (Å²) in [7, 11) is 0. The summed E-state index contributed by atoms with van der Waals surface area (Å²) in [6, 6.07) is 4.18. The van der Waals surface area contributed by atoms with Gasteiger partial charge in [0.25, 0.3) is 5.69 Å². The Labute approximate surface area is 145 Å². The van der Waals surface area contributed by atoms with Crippen LogP contribution in [0.1, 0.15) is 32.6 Å². The summed E-state index contributed by atoms with van der Waals surface area (Å²) in [5.74, 6) is -0.260. The summed E-state index contributed by atoms with van der Waals surface area (Å²) in [5.41, 5.74) is 0.107. The number of rotatable bonds is 5. The van der Waals surface area contributed by atoms with E-state index in [1.807, 2.05) is 6.92 Å². The van der Waals surface area contributed by atoms with Gasteiger partial charge in [-0.3, -0.25) is 19.7 Å². The van der Waals surface area contributed by atoms with Crippen LogP contribution in [-0.4, -0.2) is 34.7 Å². The largest absolute Gasteiger partial charge is 0.343 e. The Balaban J connectivity index is 1.93. The molecule has 0 saturated carbocycles. The molecule has 0 bridgehead atoms. The Morgan fingerprint density at radius 3 is 2.62 bits per heavy atom. The number of nitrogens with zero attached hydrogens (tertiary/aromatic N) is 2. The number of likely N-dealkylation sites (tertiary alicyclic amines) is 1. The Morgan fingerprint density at radius 1 is 1.38 bits per heavy atom. The number of nitro benzene ring substituents is 1. The van der Waals surface area contributed by atoms with E-state index >= 15 is 0 Å². The number of amides is 2. The van der Waals surface area contributed by atoms with Crippen molar-refractivity contribution in [3.8, 4) is 0 Å². The van der Waals surface area contributed by atoms with Crippen molar-refractivity contribution >= 4 is 34.8 Å². The van der Waals surface area contributed by atoms with Gasteiger partial charge in [0, 0.05) is 37.2 Å². The van der Waals surface area contributed by atoms with E-state index in [9.17, 15) is 19.7 Å². The number of anilines is 1. The smallest absolute Gasteiger partial charge is 0.289 e. The number of halogens is 1. The lowest BCUT2D eigenvalue weighted by Crippen LogP contribution is -2.41. The molecule has 0 atom stereocenters. The molecule has 1 aromatic carbocycles. The van der Waals surface area contributed by atoms with E-state index in [1.54, 1.807) is 4.90 Å². The minimum atomic E-state index is -0.587. The van der Waals surface area contributed by atoms with Crippen molar-refractivity contribution in [1.82, 2.24) is 4.90 Å². The molecule has 2 rings (SSSR count). The lowest BCUT2D eigenvalue weighted by Gasteiger charge is -2.31. The summed E-state index contributed by atoms with van der Waals surface area (Å²) < 4.78 is 0. The van der Waals surface area contributed by atoms with Crippen molar-refractivity contribution < 1.29 is 14.5 Å². The quantitative estimate of drug-likeness (QED) is 0.649. The Hall–Kier alpha value is -2.15. The molecule has 0 unspecified atom stereocenters. The van der Waals surface area contributed by atoms with E-state index in [0.717, 1.165) is 6.42 Å². The Morgan fingerprint density at radius 2 is 2.04 bits per heavy atom. The number of carbonyl (C=O) groups is 2. The lowest BCUT2D eigenvalue weighted by atomic mass is 9.95. The van der Waals surface area contributed by atoms with Gasteiger partial charge in [-0.25, -0.2) is 0 Å². The number of nitro groups is 1. The SMILES string of the molecule is CCCC(=O)N1CCC(C(=O)Nc2ccc(Cl)c([N+](=O)[O-])c2)CC1. The average molecular weight is 354 g/mol. The Bertz CT molecular complexity index is 642. The molecule has 8 heteroatoms. The van der Waals surface area contributed by atoms with Gasteiger partial charge in [0.05, 0.1) is 4.92 Å². The van der Waals surface area contributed by atoms with E-state index in [2.05, 4.69) is 5.32 Å². The van der Waals surface area contributed by atoms with Gasteiger partial charge in [-0.2, -0.15) is 0 Å². The predicted molar refractivity (Wildman–Crippen MR) is 90.9 cm³/mol. The molecule has 1 saturated heterocycles. The first-order valence-corrected chi connectivity index (χ1v) is 8.32. The van der Waals surface area contributed by atoms with E-state index in [0.29, 0.717) is 38.0 Å². The third-order valence-corrected chi connectivity index (χ3v) is 4.41. The van der Waals surface area contributed by atoms with Crippen molar-refractivity contribution in [3.63, 3.8) is 0 Å². The molecule has 2 amide bonds. The molecule has 7 nitrogen and oxygen atoms in total. The van der Waals surface area contributed by atoms with Crippen LogP contribution in [0.25, 0.3) is 0 Å². The summed E-state index contributed by atoms with van der Waals surface area (Å²) in [5, 5.41) is 13.6. The minimum Gasteiger partial charge on any atom is -0.343 e. The second-order valence-electron chi connectivity index (χ2n) is 5.82. The number of hydrogen-bond acceptors (Lipinski definition) is 4. The molecule has 130 valence electrons. The zero-order chi connectivity index (χ0) is 17.7. The molecule has 1 aliphatic heterocycles. The second kappa shape index (κ2) is 8.10. The number of hydrogen-bond donors (Lipinski definition) is 1. The molecule has 1 heterocycles. The standard InChI is InChI=1S/C16H20ClN3O4/c1-2-3-15(21)19-8-6-11(7-9-19)16(22)18-12-4-5-13(17)14(10-12)20(23)24/h4-5,10-11H,2-3,6-9H2,1H3,(H,18,22). The Kier molecular flexibility index (Phi) is 6.14. The zero-order valence-electron chi connectivity index (χ0n) is 13.5. The fourth-order valence-corrected chi connectivity index (χ4v) is 2.92. The van der Waals surface area contributed by atoms with Crippen LogP contribution in [0, 0.1) is 16.0 Å². The lowest BCUT2D eigenvalue weighted by molar-refractivity contribution is -0.384. The van der Waals surface area contributed by atoms with Crippen LogP contribution in [0.3, 0.4) is 0 Å². The van der Waals surface area contributed by atoms with Gasteiger partial charge in [-0.15, -0.1) is 0 Å². The molecular weight excluding hydrogens is 334 g/mol. The fraction of sp³-hybridized carbons (Fsp3) is 0.500. The maximum absolute atomic E-state index is 12.3. The predicted octanol–water partition coefficient (Wildman–Crippen LogP) is 3.23. The van der Waals surface area contributed by atoms with Gasteiger partial charge >= 0.3 is 0 Å². The monoisotopic (exact) mass is 353 g/mol. The highest BCUT2D eigenvalue weighted by Crippen LogP contribution is 2.28. The van der Waals surface area contributed by atoms with Crippen LogP contribution < -0.4 is 5.32 Å². The third-order valence-electron chi connectivity index (χ3n) is 4.09. The molecule has 0 radical (unpaired) electrons. The number of benzene rings is 1. The van der Waals surface area contributed by atoms with Crippen LogP contribution in [0.15, 0.2) is 18.2 Å². The highest BCUT2D eigenvalue weighted by Gasteiger charge is 2.27. The van der Waals surface area contributed by atoms with Crippen molar-refractivity contribution in [2.75, 3.05) is 18.4 Å². The van der Waals surface area contributed by atoms with Crippen molar-refractivity contribution in [2.45, 2.75) is 32.6 Å². The fourth-order valence-electron chi connectivity index (χ4n) is 2.74. The average Bonchev–Trinajstić information content (AvgIpc) is 2.56. The maximum atomic E-state index is 12.3. The number of nitrogens with one attached hydrogen (secondary N) is 1. The summed E-state index contributed by atoms with van der Waals surface area (Å²) in [4.78, 5) is 36.3. The van der Waals surface area contributed by atoms with Crippen molar-refractivity contribution in [1.29, 1.82) is 0 Å². The zero-order valence-corrected chi connectivity index (χ0v) is 14.2. The van der Waals surface area contributed by atoms with Crippen molar-refractivity contribution in [2.24, 2.45) is 5.92 Å². The first kappa shape index (κ1) is 18.2. The second-order valence-corrected chi connectivity index (χ2v) is 6.22. The first-order chi connectivity index (χ1) is 11.4. The van der Waals surface area contributed by atoms with Crippen LogP contribution >= 0.6 is 11.6 Å². The topological polar surface area (TPSA) is 92.6 Å². The van der Waals surface area contributed by atoms with Gasteiger partial charge in [-0.1, -0.05) is 18.5 Å². The molecule has 1 aliphatic rings. The van der Waals surface area contributed by atoms with Crippen LogP contribution in [-0.2, 0) is 9.59 Å². The van der Waals surface area contributed by atoms with Crippen molar-refractivity contribution in [3.05, 3.63) is 33.3 Å². The minimum absolute atomic E-state index is 0.0285. The summed E-state index contributed by atoms with van der Waals surface area (Å²) in [6.45, 7) is 3.10. The maximum Gasteiger partial charge on any atom is 0.289 e. The van der Waals surface area contributed by atoms with E-state index in [4.69, 9.17) is 11.6 Å². The normalized spacial score (nSPS) is 15.2. The highest BCUT2D eigenvalue weighted by atomic mass is 35.5. The third kappa shape index (κ3) is 4.44. The van der Waals surface area contributed by atoms with E-state index < -0.39 is 4.92 Å². The number of piperidine rings is 1. The van der Waals surface area contributed by atoms with Gasteiger partial charge in [0.1, 0.15) is 5.02 Å². The molecule has 1 fully saturated rings. The van der Waals surface area contributed by atoms with Gasteiger partial charge < -0.3 is 10.2 Å². The first-order valence-electron chi connectivity index (χ1n) is 7.95. The summed E-state index contributed by atoms with van der Waals surface area (Å²) in [6.07, 6.45) is 2.54. The molecule has 0 aromatic heterocycles. The van der Waals surface area contributed by atoms with Gasteiger partial charge in [0.2, 0.25) is 11.8 Å². The molecule has 0 spiro atoms. The van der Waals surface area contributed by atoms with Gasteiger partial charge in [0.15, 0.2) is 0 Å². The van der Waals surface area contributed by atoms with Gasteiger partial charge in [-0.05, 0) is 31.4 Å². The molecule has 24 heavy (non-hydrogen) atoms. The summed E-state index contributed by atoms with van der Waals surface area (Å²) >= 11 is 5.76. The number of carbonyl (C=O) groups excluding carboxylic acids is 2. The van der Waals surface area contributed by atoms with E-state index in [1.165, 1.54) is 18.2 Å². The molecular formula is C16H20ClN3O4. The molecule has 1 N–H and O–H groups in total. The van der Waals surface area contributed by atoms with Crippen LogP contribution in [0.2, 0.25) is 5.02 Å². The van der Waals surface area contributed by atoms with E-state index in [-0.39, 0.29) is 28.4 Å². The molecule has 1 aromatic rings. The molecule has 0 aliphatic carbocycles.